The number of carbonyl (C=O) groups is 2. The van der Waals surface area contributed by atoms with Crippen LogP contribution in [0.1, 0.15) is 39.0 Å². The van der Waals surface area contributed by atoms with Crippen molar-refractivity contribution in [2.45, 2.75) is 39.0 Å². The molecule has 0 bridgehead atoms. The number of aromatic nitrogens is 3. The van der Waals surface area contributed by atoms with E-state index in [9.17, 15) is 14.8 Å². The van der Waals surface area contributed by atoms with Crippen LogP contribution in [0.2, 0.25) is 0 Å². The molecule has 2 heterocycles. The maximum Gasteiger partial charge on any atom is 0.246 e. The summed E-state index contributed by atoms with van der Waals surface area (Å²) in [6.45, 7) is 2.09. The van der Waals surface area contributed by atoms with Crippen molar-refractivity contribution in [2.75, 3.05) is 12.0 Å². The fourth-order valence-corrected chi connectivity index (χ4v) is 3.80. The van der Waals surface area contributed by atoms with Gasteiger partial charge in [-0.25, -0.2) is 15.0 Å². The smallest absolute Gasteiger partial charge is 0.246 e. The number of hydrogen-bond acceptors (Lipinski definition) is 7. The van der Waals surface area contributed by atoms with Crippen molar-refractivity contribution in [2.24, 2.45) is 11.3 Å². The number of carbonyl (C=O) groups excluding carboxylic acids is 2. The number of hydrogen-bond donors (Lipinski definition) is 3. The summed E-state index contributed by atoms with van der Waals surface area (Å²) in [4.78, 5) is 36.4. The van der Waals surface area contributed by atoms with Crippen LogP contribution in [0.4, 0.5) is 5.95 Å². The van der Waals surface area contributed by atoms with Crippen LogP contribution in [0.25, 0.3) is 11.4 Å². The highest BCUT2D eigenvalue weighted by Gasteiger charge is 2.50. The van der Waals surface area contributed by atoms with E-state index in [4.69, 9.17) is 0 Å². The molecule has 1 aliphatic carbocycles. The quantitative estimate of drug-likeness (QED) is 0.319. The van der Waals surface area contributed by atoms with Gasteiger partial charge in [-0.1, -0.05) is 32.3 Å². The molecule has 3 rings (SSSR count). The molecule has 3 N–H and O–H groups in total. The number of amides is 2. The van der Waals surface area contributed by atoms with E-state index in [2.05, 4.69) is 32.7 Å². The van der Waals surface area contributed by atoms with E-state index in [0.717, 1.165) is 19.3 Å². The van der Waals surface area contributed by atoms with E-state index < -0.39 is 5.41 Å². The van der Waals surface area contributed by atoms with Gasteiger partial charge in [0.15, 0.2) is 0 Å². The number of unbranched alkanes of at least 4 members (excludes halogenated alkanes) is 1. The molecule has 0 spiro atoms. The summed E-state index contributed by atoms with van der Waals surface area (Å²) in [7, 11) is 0. The Hall–Kier alpha value is -3.07. The van der Waals surface area contributed by atoms with Gasteiger partial charge in [0.1, 0.15) is 0 Å². The predicted octanol–water partition coefficient (Wildman–Crippen LogP) is 2.42. The number of hydroxylamine groups is 2. The third-order valence-electron chi connectivity index (χ3n) is 5.26. The second-order valence-electron chi connectivity index (χ2n) is 7.46. The summed E-state index contributed by atoms with van der Waals surface area (Å²) in [5.41, 5.74) is 5.88. The summed E-state index contributed by atoms with van der Waals surface area (Å²) in [5, 5.41) is 10.2. The number of rotatable bonds is 10. The Morgan fingerprint density at radius 3 is 2.79 bits per heavy atom. The molecular weight excluding hydrogens is 372 g/mol. The molecule has 1 saturated carbocycles. The number of anilines is 1. The SMILES string of the molecule is CCCCC1CC(CN(O)C=O)(C(=O)NNc2nccc(-c3ccccn3)n2)C1. The molecule has 0 unspecified atom stereocenters. The fourth-order valence-electron chi connectivity index (χ4n) is 3.80. The van der Waals surface area contributed by atoms with Crippen molar-refractivity contribution in [1.82, 2.24) is 25.4 Å². The lowest BCUT2D eigenvalue weighted by Crippen LogP contribution is -2.56. The maximum absolute atomic E-state index is 12.9. The first-order chi connectivity index (χ1) is 14.1. The summed E-state index contributed by atoms with van der Waals surface area (Å²) >= 11 is 0. The molecule has 0 aliphatic heterocycles. The van der Waals surface area contributed by atoms with Gasteiger partial charge in [0, 0.05) is 12.4 Å². The number of nitrogens with one attached hydrogen (secondary N) is 2. The maximum atomic E-state index is 12.9. The normalized spacial score (nSPS) is 20.4. The van der Waals surface area contributed by atoms with Crippen LogP contribution < -0.4 is 10.9 Å². The van der Waals surface area contributed by atoms with E-state index in [1.54, 1.807) is 18.5 Å². The van der Waals surface area contributed by atoms with Crippen molar-refractivity contribution < 1.29 is 14.8 Å². The van der Waals surface area contributed by atoms with Crippen LogP contribution in [0.3, 0.4) is 0 Å². The number of nitrogens with zero attached hydrogens (tertiary/aromatic N) is 4. The Morgan fingerprint density at radius 1 is 1.28 bits per heavy atom. The molecule has 1 aliphatic rings. The van der Waals surface area contributed by atoms with Gasteiger partial charge in [-0.15, -0.1) is 0 Å². The third kappa shape index (κ3) is 5.05. The fraction of sp³-hybridized carbons (Fsp3) is 0.450. The minimum absolute atomic E-state index is 0.0402. The molecular formula is C20H26N6O3. The largest absolute Gasteiger partial charge is 0.286 e. The van der Waals surface area contributed by atoms with E-state index in [-0.39, 0.29) is 18.4 Å². The van der Waals surface area contributed by atoms with Crippen LogP contribution >= 0.6 is 0 Å². The molecule has 2 amide bonds. The molecule has 29 heavy (non-hydrogen) atoms. The van der Waals surface area contributed by atoms with Crippen LogP contribution in [0.15, 0.2) is 36.7 Å². The van der Waals surface area contributed by atoms with Crippen molar-refractivity contribution >= 4 is 18.3 Å². The summed E-state index contributed by atoms with van der Waals surface area (Å²) in [6.07, 6.45) is 8.07. The highest BCUT2D eigenvalue weighted by molar-refractivity contribution is 5.85. The Morgan fingerprint density at radius 2 is 2.10 bits per heavy atom. The molecule has 0 atom stereocenters. The summed E-state index contributed by atoms with van der Waals surface area (Å²) in [6, 6.07) is 7.25. The minimum atomic E-state index is -0.820. The lowest BCUT2D eigenvalue weighted by molar-refractivity contribution is -0.170. The first-order valence-corrected chi connectivity index (χ1v) is 9.78. The molecule has 154 valence electrons. The van der Waals surface area contributed by atoms with Gasteiger partial charge in [0.25, 0.3) is 0 Å². The minimum Gasteiger partial charge on any atom is -0.286 e. The number of pyridine rings is 1. The average Bonchev–Trinajstić information content (AvgIpc) is 2.74. The molecule has 9 nitrogen and oxygen atoms in total. The first kappa shape index (κ1) is 20.7. The van der Waals surface area contributed by atoms with Crippen LogP contribution in [-0.2, 0) is 9.59 Å². The van der Waals surface area contributed by atoms with Gasteiger partial charge < -0.3 is 0 Å². The Bertz CT molecular complexity index is 826. The van der Waals surface area contributed by atoms with Gasteiger partial charge in [0.05, 0.1) is 23.3 Å². The molecule has 9 heteroatoms. The summed E-state index contributed by atoms with van der Waals surface area (Å²) in [5.74, 6) is 0.359. The molecule has 0 saturated heterocycles. The lowest BCUT2D eigenvalue weighted by atomic mass is 9.60. The predicted molar refractivity (Wildman–Crippen MR) is 106 cm³/mol. The topological polar surface area (TPSA) is 120 Å². The van der Waals surface area contributed by atoms with Gasteiger partial charge in [0.2, 0.25) is 18.3 Å². The van der Waals surface area contributed by atoms with Gasteiger partial charge in [-0.3, -0.25) is 30.6 Å². The highest BCUT2D eigenvalue weighted by atomic mass is 16.5. The van der Waals surface area contributed by atoms with Crippen molar-refractivity contribution in [3.8, 4) is 11.4 Å². The second-order valence-corrected chi connectivity index (χ2v) is 7.46. The lowest BCUT2D eigenvalue weighted by Gasteiger charge is -2.47. The molecule has 1 fully saturated rings. The third-order valence-corrected chi connectivity index (χ3v) is 5.26. The Balaban J connectivity index is 1.64. The molecule has 0 aromatic carbocycles. The zero-order valence-electron chi connectivity index (χ0n) is 16.4. The number of hydrazine groups is 1. The molecule has 0 radical (unpaired) electrons. The Labute approximate surface area is 169 Å². The van der Waals surface area contributed by atoms with Gasteiger partial charge in [-0.05, 0) is 37.0 Å². The first-order valence-electron chi connectivity index (χ1n) is 9.78. The zero-order valence-corrected chi connectivity index (χ0v) is 16.4. The van der Waals surface area contributed by atoms with E-state index >= 15 is 0 Å². The monoisotopic (exact) mass is 398 g/mol. The van der Waals surface area contributed by atoms with E-state index in [0.29, 0.717) is 41.6 Å². The molecule has 2 aromatic rings. The highest BCUT2D eigenvalue weighted by Crippen LogP contribution is 2.48. The standard InChI is InChI=1S/C20H26N6O3/c1-2-3-6-15-11-20(12-15,13-26(29)14-27)18(28)24-25-19-22-10-8-17(23-19)16-7-4-5-9-21-16/h4-5,7-10,14-15,29H,2-3,6,11-13H2,1H3,(H,24,28)(H,22,23,25). The second kappa shape index (κ2) is 9.42. The van der Waals surface area contributed by atoms with Crippen molar-refractivity contribution in [3.05, 3.63) is 36.7 Å². The van der Waals surface area contributed by atoms with E-state index in [1.165, 1.54) is 0 Å². The van der Waals surface area contributed by atoms with Gasteiger partial charge >= 0.3 is 0 Å². The molecule has 2 aromatic heterocycles. The van der Waals surface area contributed by atoms with Crippen LogP contribution in [-0.4, -0.2) is 44.1 Å². The zero-order chi connectivity index (χ0) is 20.7. The van der Waals surface area contributed by atoms with Crippen molar-refractivity contribution in [3.63, 3.8) is 0 Å². The van der Waals surface area contributed by atoms with Crippen LogP contribution in [0.5, 0.6) is 0 Å². The summed E-state index contributed by atoms with van der Waals surface area (Å²) < 4.78 is 0. The van der Waals surface area contributed by atoms with Crippen molar-refractivity contribution in [1.29, 1.82) is 0 Å². The van der Waals surface area contributed by atoms with E-state index in [1.807, 2.05) is 18.2 Å². The Kier molecular flexibility index (Phi) is 6.71. The van der Waals surface area contributed by atoms with Gasteiger partial charge in [-0.2, -0.15) is 0 Å². The average molecular weight is 398 g/mol. The van der Waals surface area contributed by atoms with Crippen LogP contribution in [0, 0.1) is 11.3 Å².